The van der Waals surface area contributed by atoms with Crippen molar-refractivity contribution in [2.24, 2.45) is 28.6 Å². The topological polar surface area (TPSA) is 52.6 Å². The molecule has 2 bridgehead atoms. The average Bonchev–Trinajstić information content (AvgIpc) is 3.04. The van der Waals surface area contributed by atoms with Crippen LogP contribution in [-0.4, -0.2) is 17.5 Å². The van der Waals surface area contributed by atoms with Crippen molar-refractivity contribution in [2.75, 3.05) is 0 Å². The third-order valence-electron chi connectivity index (χ3n) is 8.45. The molecule has 0 N–H and O–H groups in total. The van der Waals surface area contributed by atoms with E-state index in [9.17, 15) is 9.59 Å². The van der Waals surface area contributed by atoms with E-state index in [0.717, 1.165) is 24.7 Å². The molecule has 0 radical (unpaired) electrons. The van der Waals surface area contributed by atoms with Crippen LogP contribution in [0.3, 0.4) is 0 Å². The first-order chi connectivity index (χ1) is 13.1. The number of carbonyl (C=O) groups is 2. The van der Waals surface area contributed by atoms with E-state index in [-0.39, 0.29) is 17.4 Å². The third kappa shape index (κ3) is 2.79. The summed E-state index contributed by atoms with van der Waals surface area (Å²) >= 11 is 0. The molecule has 0 aliphatic heterocycles. The zero-order valence-electron chi connectivity index (χ0n) is 17.7. The quantitative estimate of drug-likeness (QED) is 0.517. The summed E-state index contributed by atoms with van der Waals surface area (Å²) in [6.07, 6.45) is 5.94. The van der Waals surface area contributed by atoms with E-state index >= 15 is 0 Å². The van der Waals surface area contributed by atoms with E-state index in [1.807, 2.05) is 0 Å². The maximum Gasteiger partial charge on any atom is 0.338 e. The van der Waals surface area contributed by atoms with Crippen molar-refractivity contribution in [2.45, 2.75) is 72.3 Å². The summed E-state index contributed by atoms with van der Waals surface area (Å²) in [5, 5.41) is 0. The molecular formula is C24H32O4. The van der Waals surface area contributed by atoms with Crippen LogP contribution in [0.1, 0.15) is 77.1 Å². The van der Waals surface area contributed by atoms with Crippen LogP contribution in [0.2, 0.25) is 0 Å². The predicted octanol–water partition coefficient (Wildman–Crippen LogP) is 5.40. The van der Waals surface area contributed by atoms with Gasteiger partial charge in [0.15, 0.2) is 0 Å². The lowest BCUT2D eigenvalue weighted by Gasteiger charge is -2.46. The van der Waals surface area contributed by atoms with Gasteiger partial charge in [0.2, 0.25) is 0 Å². The smallest absolute Gasteiger partial charge is 0.338 e. The summed E-state index contributed by atoms with van der Waals surface area (Å²) in [5.74, 6) is 1.69. The van der Waals surface area contributed by atoms with Gasteiger partial charge >= 0.3 is 11.9 Å². The molecule has 3 aliphatic carbocycles. The lowest BCUT2D eigenvalue weighted by Crippen LogP contribution is -2.47. The Kier molecular flexibility index (Phi) is 4.40. The largest absolute Gasteiger partial charge is 0.455 e. The Bertz CT molecular complexity index is 795. The molecular weight excluding hydrogens is 352 g/mol. The van der Waals surface area contributed by atoms with Gasteiger partial charge in [0.25, 0.3) is 0 Å². The molecule has 4 rings (SSSR count). The van der Waals surface area contributed by atoms with Gasteiger partial charge in [-0.1, -0.05) is 20.8 Å². The highest BCUT2D eigenvalue weighted by Gasteiger charge is 2.68. The van der Waals surface area contributed by atoms with Crippen molar-refractivity contribution in [3.05, 3.63) is 29.8 Å². The molecule has 152 valence electrons. The van der Waals surface area contributed by atoms with E-state index in [0.29, 0.717) is 22.6 Å². The minimum absolute atomic E-state index is 0.190. The van der Waals surface area contributed by atoms with Gasteiger partial charge in [0.1, 0.15) is 11.4 Å². The number of esters is 2. The van der Waals surface area contributed by atoms with Crippen LogP contribution in [0.5, 0.6) is 5.75 Å². The minimum atomic E-state index is -0.426. The van der Waals surface area contributed by atoms with Crippen molar-refractivity contribution >= 4 is 11.9 Å². The Hall–Kier alpha value is -1.84. The van der Waals surface area contributed by atoms with E-state index < -0.39 is 5.60 Å². The number of carbonyl (C=O) groups excluding carboxylic acids is 2. The monoisotopic (exact) mass is 384 g/mol. The zero-order chi connectivity index (χ0) is 20.3. The van der Waals surface area contributed by atoms with E-state index in [2.05, 4.69) is 27.7 Å². The molecule has 5 atom stereocenters. The lowest BCUT2D eigenvalue weighted by atomic mass is 9.64. The molecule has 0 saturated heterocycles. The fourth-order valence-corrected chi connectivity index (χ4v) is 7.08. The van der Waals surface area contributed by atoms with Crippen molar-refractivity contribution in [1.29, 1.82) is 0 Å². The van der Waals surface area contributed by atoms with Crippen LogP contribution in [0.25, 0.3) is 0 Å². The number of ether oxygens (including phenoxy) is 2. The van der Waals surface area contributed by atoms with Crippen LogP contribution in [0.15, 0.2) is 24.3 Å². The SMILES string of the molecule is CC(=O)Oc1ccc(C(=O)O[C@]2(C)CC[C@@]34C[C@@H]2C(C)(C)[C@@H]3CC[C@H]4C)cc1. The molecule has 3 saturated carbocycles. The van der Waals surface area contributed by atoms with Gasteiger partial charge in [-0.2, -0.15) is 0 Å². The standard InChI is InChI=1S/C24H32O4/c1-15-6-11-19-22(3,4)20-14-24(15,19)13-12-23(20,5)28-21(26)17-7-9-18(10-8-17)27-16(2)25/h7-10,15,19-20H,6,11-14H2,1-5H3/t15-,19+,20-,23-,24+/m1/s1. The van der Waals surface area contributed by atoms with Gasteiger partial charge in [-0.25, -0.2) is 4.79 Å². The normalized spacial score (nSPS) is 38.0. The second-order valence-electron chi connectivity index (χ2n) is 10.2. The first-order valence-electron chi connectivity index (χ1n) is 10.6. The fraction of sp³-hybridized carbons (Fsp3) is 0.667. The number of fused-ring (bicyclic) bond motifs is 1. The van der Waals surface area contributed by atoms with Crippen LogP contribution >= 0.6 is 0 Å². The summed E-state index contributed by atoms with van der Waals surface area (Å²) in [4.78, 5) is 24.0. The Balaban J connectivity index is 1.53. The van der Waals surface area contributed by atoms with Gasteiger partial charge in [-0.3, -0.25) is 4.79 Å². The Morgan fingerprint density at radius 2 is 1.68 bits per heavy atom. The molecule has 1 aromatic rings. The van der Waals surface area contributed by atoms with Gasteiger partial charge in [-0.05, 0) is 86.0 Å². The predicted molar refractivity (Wildman–Crippen MR) is 107 cm³/mol. The molecule has 3 aliphatic rings. The van der Waals surface area contributed by atoms with Crippen molar-refractivity contribution < 1.29 is 19.1 Å². The summed E-state index contributed by atoms with van der Waals surface area (Å²) < 4.78 is 11.2. The van der Waals surface area contributed by atoms with Crippen molar-refractivity contribution in [3.8, 4) is 5.75 Å². The second-order valence-corrected chi connectivity index (χ2v) is 10.2. The Labute approximate surface area is 168 Å². The molecule has 0 aromatic heterocycles. The number of hydrogen-bond acceptors (Lipinski definition) is 4. The van der Waals surface area contributed by atoms with E-state index in [1.54, 1.807) is 24.3 Å². The lowest BCUT2D eigenvalue weighted by molar-refractivity contribution is -0.131. The highest BCUT2D eigenvalue weighted by Crippen LogP contribution is 2.73. The molecule has 0 amide bonds. The minimum Gasteiger partial charge on any atom is -0.455 e. The molecule has 4 heteroatoms. The summed E-state index contributed by atoms with van der Waals surface area (Å²) in [6, 6.07) is 6.62. The third-order valence-corrected chi connectivity index (χ3v) is 8.45. The molecule has 1 spiro atoms. The highest BCUT2D eigenvalue weighted by molar-refractivity contribution is 5.90. The van der Waals surface area contributed by atoms with Gasteiger partial charge < -0.3 is 9.47 Å². The molecule has 0 heterocycles. The summed E-state index contributed by atoms with van der Waals surface area (Å²) in [6.45, 7) is 10.7. The maximum atomic E-state index is 12.9. The Morgan fingerprint density at radius 1 is 1.00 bits per heavy atom. The van der Waals surface area contributed by atoms with Crippen molar-refractivity contribution in [1.82, 2.24) is 0 Å². The number of rotatable bonds is 3. The van der Waals surface area contributed by atoms with Crippen LogP contribution in [0.4, 0.5) is 0 Å². The fourth-order valence-electron chi connectivity index (χ4n) is 7.08. The van der Waals surface area contributed by atoms with E-state index in [4.69, 9.17) is 9.47 Å². The second kappa shape index (κ2) is 6.33. The Morgan fingerprint density at radius 3 is 2.32 bits per heavy atom. The molecule has 28 heavy (non-hydrogen) atoms. The number of hydrogen-bond donors (Lipinski definition) is 0. The summed E-state index contributed by atoms with van der Waals surface area (Å²) in [5.41, 5.74) is 0.716. The van der Waals surface area contributed by atoms with Crippen LogP contribution in [-0.2, 0) is 9.53 Å². The van der Waals surface area contributed by atoms with E-state index in [1.165, 1.54) is 26.2 Å². The molecule has 0 unspecified atom stereocenters. The van der Waals surface area contributed by atoms with Gasteiger partial charge in [0, 0.05) is 12.8 Å². The van der Waals surface area contributed by atoms with Crippen LogP contribution < -0.4 is 4.74 Å². The van der Waals surface area contributed by atoms with Gasteiger partial charge in [0.05, 0.1) is 5.56 Å². The first-order valence-corrected chi connectivity index (χ1v) is 10.6. The average molecular weight is 385 g/mol. The number of benzene rings is 1. The first kappa shape index (κ1) is 19.5. The van der Waals surface area contributed by atoms with Crippen LogP contribution in [0, 0.1) is 28.6 Å². The van der Waals surface area contributed by atoms with Crippen molar-refractivity contribution in [3.63, 3.8) is 0 Å². The molecule has 1 aromatic carbocycles. The maximum absolute atomic E-state index is 12.9. The molecule has 3 fully saturated rings. The van der Waals surface area contributed by atoms with Gasteiger partial charge in [-0.15, -0.1) is 0 Å². The molecule has 4 nitrogen and oxygen atoms in total. The highest BCUT2D eigenvalue weighted by atomic mass is 16.6. The zero-order valence-corrected chi connectivity index (χ0v) is 17.7. The summed E-state index contributed by atoms with van der Waals surface area (Å²) in [7, 11) is 0.